The van der Waals surface area contributed by atoms with Crippen LogP contribution in [0.3, 0.4) is 0 Å². The predicted molar refractivity (Wildman–Crippen MR) is 152 cm³/mol. The second kappa shape index (κ2) is 13.0. The number of rotatable bonds is 10. The quantitative estimate of drug-likeness (QED) is 0.145. The van der Waals surface area contributed by atoms with Crippen molar-refractivity contribution in [1.29, 1.82) is 5.41 Å². The molecule has 3 atom stereocenters. The van der Waals surface area contributed by atoms with Crippen LogP contribution >= 0.6 is 11.3 Å². The first-order valence-electron chi connectivity index (χ1n) is 13.2. The average Bonchev–Trinajstić information content (AvgIpc) is 3.62. The van der Waals surface area contributed by atoms with Crippen LogP contribution in [0.5, 0.6) is 11.5 Å². The van der Waals surface area contributed by atoms with E-state index >= 15 is 4.39 Å². The van der Waals surface area contributed by atoms with Gasteiger partial charge in [-0.3, -0.25) is 19.8 Å². The molecule has 0 saturated carbocycles. The molecule has 1 unspecified atom stereocenters. The van der Waals surface area contributed by atoms with Gasteiger partial charge in [0.15, 0.2) is 5.67 Å². The van der Waals surface area contributed by atoms with E-state index in [-0.39, 0.29) is 22.9 Å². The number of nitrogens with zero attached hydrogens (tertiary/aromatic N) is 1. The van der Waals surface area contributed by atoms with Crippen molar-refractivity contribution in [3.8, 4) is 11.5 Å². The summed E-state index contributed by atoms with van der Waals surface area (Å²) in [5.74, 6) is -1.93. The van der Waals surface area contributed by atoms with Crippen molar-refractivity contribution in [2.45, 2.75) is 37.3 Å². The Bertz CT molecular complexity index is 1530. The number of nitrogen functional groups attached to an aromatic ring is 1. The summed E-state index contributed by atoms with van der Waals surface area (Å²) < 4.78 is 72.3. The molecule has 44 heavy (non-hydrogen) atoms. The summed E-state index contributed by atoms with van der Waals surface area (Å²) in [5.41, 5.74) is 2.81. The maximum Gasteiger partial charge on any atom is 0.416 e. The van der Waals surface area contributed by atoms with E-state index in [1.165, 1.54) is 35.6 Å². The van der Waals surface area contributed by atoms with Crippen LogP contribution in [0.4, 0.5) is 22.0 Å². The third-order valence-electron chi connectivity index (χ3n) is 6.90. The monoisotopic (exact) mass is 637 g/mol. The number of amides is 3. The van der Waals surface area contributed by atoms with E-state index in [0.29, 0.717) is 10.4 Å². The topological polar surface area (TPSA) is 138 Å². The second-order valence-electron chi connectivity index (χ2n) is 10.2. The third kappa shape index (κ3) is 7.70. The maximum atomic E-state index is 15.0. The lowest BCUT2D eigenvalue weighted by molar-refractivity contribution is -0.138. The lowest BCUT2D eigenvalue weighted by Gasteiger charge is -2.25. The van der Waals surface area contributed by atoms with Gasteiger partial charge in [0.1, 0.15) is 30.1 Å². The zero-order chi connectivity index (χ0) is 32.2. The van der Waals surface area contributed by atoms with E-state index < -0.39 is 73.4 Å². The minimum Gasteiger partial charge on any atom is -0.457 e. The highest BCUT2D eigenvalue weighted by Gasteiger charge is 2.49. The highest BCUT2D eigenvalue weighted by molar-refractivity contribution is 7.10. The van der Waals surface area contributed by atoms with Gasteiger partial charge in [-0.25, -0.2) is 8.78 Å². The number of alkyl halides is 5. The summed E-state index contributed by atoms with van der Waals surface area (Å²) in [6.07, 6.45) is -5.05. The largest absolute Gasteiger partial charge is 0.457 e. The Balaban J connectivity index is 1.35. The van der Waals surface area contributed by atoms with Gasteiger partial charge < -0.3 is 26.0 Å². The van der Waals surface area contributed by atoms with E-state index in [4.69, 9.17) is 15.9 Å². The van der Waals surface area contributed by atoms with Gasteiger partial charge in [-0.1, -0.05) is 0 Å². The number of hydrogen-bond donors (Lipinski definition) is 4. The summed E-state index contributed by atoms with van der Waals surface area (Å²) in [6, 6.07) is 9.34. The van der Waals surface area contributed by atoms with Gasteiger partial charge >= 0.3 is 6.18 Å². The van der Waals surface area contributed by atoms with Crippen LogP contribution in [0.1, 0.15) is 45.7 Å². The summed E-state index contributed by atoms with van der Waals surface area (Å²) in [4.78, 5) is 40.3. The van der Waals surface area contributed by atoms with E-state index in [1.807, 2.05) is 0 Å². The Morgan fingerprint density at radius 2 is 1.73 bits per heavy atom. The van der Waals surface area contributed by atoms with Crippen LogP contribution in [0.2, 0.25) is 0 Å². The molecule has 3 amide bonds. The molecule has 0 aliphatic carbocycles. The van der Waals surface area contributed by atoms with E-state index in [1.54, 1.807) is 18.4 Å². The number of likely N-dealkylation sites (tertiary alicyclic amines) is 1. The molecule has 1 saturated heterocycles. The van der Waals surface area contributed by atoms with Crippen molar-refractivity contribution in [3.05, 3.63) is 81.5 Å². The first-order valence-corrected chi connectivity index (χ1v) is 14.1. The minimum atomic E-state index is -4.48. The molecule has 1 aliphatic rings. The zero-order valence-corrected chi connectivity index (χ0v) is 24.0. The molecule has 1 fully saturated rings. The minimum absolute atomic E-state index is 0.117. The van der Waals surface area contributed by atoms with Gasteiger partial charge in [0.25, 0.3) is 5.91 Å². The van der Waals surface area contributed by atoms with Gasteiger partial charge in [0.05, 0.1) is 24.7 Å². The fourth-order valence-corrected chi connectivity index (χ4v) is 5.43. The molecule has 4 rings (SSSR count). The average molecular weight is 638 g/mol. The van der Waals surface area contributed by atoms with E-state index in [2.05, 4.69) is 10.6 Å². The maximum absolute atomic E-state index is 15.0. The fourth-order valence-electron chi connectivity index (χ4n) is 4.51. The number of benzene rings is 2. The number of thiophene rings is 1. The number of carbonyl (C=O) groups excluding carboxylic acids is 3. The molecule has 1 aliphatic heterocycles. The second-order valence-corrected chi connectivity index (χ2v) is 11.2. The molecule has 9 nitrogen and oxygen atoms in total. The molecule has 2 aromatic carbocycles. The standard InChI is InChI=1S/C29H28F5N5O4S/c1-16(23-10-18(13-44-23)25(35)36)38-27(42)22-11-28(31,14-30)15-39(22)24(40)12-37-26(41)17-2-6-20(7-3-17)43-21-8-4-19(5-9-21)29(32,33)34/h2-10,13,16,22H,11-12,14-15H2,1H3,(H3,35,36)(H,37,41)(H,38,42)/t16?,22-,28-/m0/s1. The van der Waals surface area contributed by atoms with Crippen LogP contribution in [-0.2, 0) is 15.8 Å². The van der Waals surface area contributed by atoms with Gasteiger partial charge in [0, 0.05) is 27.8 Å². The molecule has 0 radical (unpaired) electrons. The number of halogens is 5. The molecular formula is C29H28F5N5O4S. The van der Waals surface area contributed by atoms with Crippen LogP contribution in [-0.4, -0.2) is 59.9 Å². The van der Waals surface area contributed by atoms with Crippen molar-refractivity contribution in [1.82, 2.24) is 15.5 Å². The van der Waals surface area contributed by atoms with Crippen molar-refractivity contribution < 1.29 is 41.1 Å². The van der Waals surface area contributed by atoms with Crippen LogP contribution in [0, 0.1) is 5.41 Å². The third-order valence-corrected chi connectivity index (χ3v) is 8.02. The zero-order valence-electron chi connectivity index (χ0n) is 23.2. The molecule has 15 heteroatoms. The Morgan fingerprint density at radius 1 is 1.11 bits per heavy atom. The normalized spacial score (nSPS) is 18.9. The fraction of sp³-hybridized carbons (Fsp3) is 0.310. The van der Waals surface area contributed by atoms with Crippen LogP contribution < -0.4 is 21.1 Å². The smallest absolute Gasteiger partial charge is 0.416 e. The molecule has 0 bridgehead atoms. The highest BCUT2D eigenvalue weighted by Crippen LogP contribution is 2.33. The Morgan fingerprint density at radius 3 is 2.27 bits per heavy atom. The predicted octanol–water partition coefficient (Wildman–Crippen LogP) is 4.73. The summed E-state index contributed by atoms with van der Waals surface area (Å²) >= 11 is 1.25. The van der Waals surface area contributed by atoms with Crippen LogP contribution in [0.25, 0.3) is 0 Å². The van der Waals surface area contributed by atoms with Gasteiger partial charge in [-0.2, -0.15) is 13.2 Å². The first kappa shape index (κ1) is 32.4. The molecule has 2 heterocycles. The lowest BCUT2D eigenvalue weighted by atomic mass is 10.0. The lowest BCUT2D eigenvalue weighted by Crippen LogP contribution is -2.49. The van der Waals surface area contributed by atoms with Gasteiger partial charge in [0.2, 0.25) is 11.8 Å². The molecule has 0 spiro atoms. The summed E-state index contributed by atoms with van der Waals surface area (Å²) in [5, 5.41) is 14.2. The van der Waals surface area contributed by atoms with Gasteiger partial charge in [-0.15, -0.1) is 11.3 Å². The van der Waals surface area contributed by atoms with Crippen molar-refractivity contribution in [2.75, 3.05) is 19.8 Å². The Hall–Kier alpha value is -4.53. The van der Waals surface area contributed by atoms with Gasteiger partial charge in [-0.05, 0) is 61.5 Å². The van der Waals surface area contributed by atoms with Crippen molar-refractivity contribution in [2.24, 2.45) is 5.73 Å². The molecule has 5 N–H and O–H groups in total. The summed E-state index contributed by atoms with van der Waals surface area (Å²) in [7, 11) is 0. The van der Waals surface area contributed by atoms with Crippen molar-refractivity contribution in [3.63, 3.8) is 0 Å². The molecule has 234 valence electrons. The highest BCUT2D eigenvalue weighted by atomic mass is 32.1. The number of nitrogens with two attached hydrogens (primary N) is 1. The Labute approximate surface area is 252 Å². The summed E-state index contributed by atoms with van der Waals surface area (Å²) in [6.45, 7) is -1.02. The van der Waals surface area contributed by atoms with E-state index in [0.717, 1.165) is 29.2 Å². The Kier molecular flexibility index (Phi) is 9.56. The van der Waals surface area contributed by atoms with Crippen molar-refractivity contribution >= 4 is 34.9 Å². The molecule has 3 aromatic rings. The van der Waals surface area contributed by atoms with E-state index in [9.17, 15) is 31.9 Å². The number of ether oxygens (including phenoxy) is 1. The number of nitrogens with one attached hydrogen (secondary N) is 3. The first-order chi connectivity index (χ1) is 20.7. The molecule has 1 aromatic heterocycles. The number of amidine groups is 1. The SMILES string of the molecule is CC(NC(=O)[C@@H]1C[C@](F)(CF)CN1C(=O)CNC(=O)c1ccc(Oc2ccc(C(F)(F)F)cc2)cc1)c1cc(C(=N)N)cs1. The number of carbonyl (C=O) groups is 3. The van der Waals surface area contributed by atoms with Crippen LogP contribution in [0.15, 0.2) is 60.0 Å². The number of hydrogen-bond acceptors (Lipinski definition) is 6. The molecular weight excluding hydrogens is 609 g/mol.